The van der Waals surface area contributed by atoms with Crippen LogP contribution >= 0.6 is 0 Å². The summed E-state index contributed by atoms with van der Waals surface area (Å²) in [6.45, 7) is -9.31. The van der Waals surface area contributed by atoms with E-state index in [4.69, 9.17) is 0 Å². The maximum Gasteiger partial charge on any atom is 0.336 e. The molecular weight excluding hydrogens is 394 g/mol. The second kappa shape index (κ2) is 8.49. The number of halogens is 6. The summed E-state index contributed by atoms with van der Waals surface area (Å²) in [6, 6.07) is 0. The van der Waals surface area contributed by atoms with Crippen molar-refractivity contribution in [2.75, 3.05) is 0 Å². The summed E-state index contributed by atoms with van der Waals surface area (Å²) < 4.78 is 81.7. The van der Waals surface area contributed by atoms with E-state index in [1.54, 1.807) is 0 Å². The lowest BCUT2D eigenvalue weighted by Crippen LogP contribution is -2.16. The number of fused-ring (bicyclic) bond motifs is 1. The standard InChI is InChI=1S/C18H14F6O4/c19-1-7-9(3-21)13-10(4-22)8(2-20)12(6-24)15(18(27)28)16(13)14(17(25)26)11(7)5-23/h1-6H2,(H,25,26)(H,27,28). The minimum atomic E-state index is -1.90. The Hall–Kier alpha value is -2.78. The van der Waals surface area contributed by atoms with Crippen molar-refractivity contribution in [2.45, 2.75) is 40.0 Å². The highest BCUT2D eigenvalue weighted by atomic mass is 19.1. The summed E-state index contributed by atoms with van der Waals surface area (Å²) in [4.78, 5) is 23.5. The van der Waals surface area contributed by atoms with Crippen LogP contribution in [-0.2, 0) is 40.0 Å². The van der Waals surface area contributed by atoms with Crippen LogP contribution in [0, 0.1) is 0 Å². The molecule has 0 radical (unpaired) electrons. The number of carbonyl (C=O) groups is 2. The lowest BCUT2D eigenvalue weighted by molar-refractivity contribution is 0.0693. The molecule has 0 unspecified atom stereocenters. The Bertz CT molecular complexity index is 885. The molecule has 28 heavy (non-hydrogen) atoms. The second-order valence-corrected chi connectivity index (χ2v) is 5.78. The average molecular weight is 408 g/mol. The summed E-state index contributed by atoms with van der Waals surface area (Å²) in [5.41, 5.74) is -6.59. The Morgan fingerprint density at radius 3 is 1.00 bits per heavy atom. The predicted octanol–water partition coefficient (Wildman–Crippen LogP) is 5.05. The fraction of sp³-hybridized carbons (Fsp3) is 0.333. The summed E-state index contributed by atoms with van der Waals surface area (Å²) in [6.07, 6.45) is 0. The first-order chi connectivity index (χ1) is 13.3. The summed E-state index contributed by atoms with van der Waals surface area (Å²) in [7, 11) is 0. The minimum absolute atomic E-state index is 0.686. The van der Waals surface area contributed by atoms with Crippen molar-refractivity contribution >= 4 is 22.7 Å². The van der Waals surface area contributed by atoms with Crippen molar-refractivity contribution < 1.29 is 46.1 Å². The zero-order valence-electron chi connectivity index (χ0n) is 14.2. The van der Waals surface area contributed by atoms with Crippen LogP contribution in [-0.4, -0.2) is 22.2 Å². The van der Waals surface area contributed by atoms with Gasteiger partial charge in [-0.2, -0.15) is 0 Å². The van der Waals surface area contributed by atoms with Gasteiger partial charge in [-0.1, -0.05) is 0 Å². The number of alkyl halides is 6. The SMILES string of the molecule is O=C(O)c1c(CF)c(CF)c(CF)c2c(CF)c(CF)c(CF)c(C(=O)O)c12. The van der Waals surface area contributed by atoms with Gasteiger partial charge in [-0.15, -0.1) is 0 Å². The molecule has 0 aromatic heterocycles. The molecule has 4 nitrogen and oxygen atoms in total. The molecule has 0 atom stereocenters. The van der Waals surface area contributed by atoms with Crippen molar-refractivity contribution in [3.8, 4) is 0 Å². The molecule has 0 saturated heterocycles. The monoisotopic (exact) mass is 408 g/mol. The molecule has 0 spiro atoms. The molecule has 0 aliphatic carbocycles. The van der Waals surface area contributed by atoms with Crippen molar-refractivity contribution in [3.05, 3.63) is 44.5 Å². The highest BCUT2D eigenvalue weighted by Crippen LogP contribution is 2.41. The molecule has 0 amide bonds. The molecule has 0 bridgehead atoms. The molecule has 2 N–H and O–H groups in total. The van der Waals surface area contributed by atoms with E-state index in [1.165, 1.54) is 0 Å². The maximum absolute atomic E-state index is 13.7. The second-order valence-electron chi connectivity index (χ2n) is 5.78. The molecule has 0 aliphatic heterocycles. The molecule has 2 rings (SSSR count). The van der Waals surface area contributed by atoms with Crippen LogP contribution in [0.1, 0.15) is 54.1 Å². The van der Waals surface area contributed by atoms with Crippen LogP contribution in [0.2, 0.25) is 0 Å². The Morgan fingerprint density at radius 2 is 0.786 bits per heavy atom. The molecular formula is C18H14F6O4. The van der Waals surface area contributed by atoms with Gasteiger partial charge >= 0.3 is 11.9 Å². The molecule has 152 valence electrons. The van der Waals surface area contributed by atoms with Gasteiger partial charge in [0.1, 0.15) is 40.0 Å². The fourth-order valence-electron chi connectivity index (χ4n) is 3.51. The molecule has 2 aromatic rings. The number of carboxylic acid groups (broad SMARTS) is 2. The zero-order chi connectivity index (χ0) is 21.2. The van der Waals surface area contributed by atoms with Crippen molar-refractivity contribution in [1.29, 1.82) is 0 Å². The van der Waals surface area contributed by atoms with Gasteiger partial charge in [-0.3, -0.25) is 0 Å². The van der Waals surface area contributed by atoms with Gasteiger partial charge < -0.3 is 10.2 Å². The lowest BCUT2D eigenvalue weighted by atomic mass is 9.81. The molecule has 0 fully saturated rings. The Morgan fingerprint density at radius 1 is 0.500 bits per heavy atom. The molecule has 0 aliphatic rings. The van der Waals surface area contributed by atoms with Crippen LogP contribution in [0.5, 0.6) is 0 Å². The number of benzene rings is 2. The Labute approximate surface area is 154 Å². The van der Waals surface area contributed by atoms with Gasteiger partial charge in [0.2, 0.25) is 0 Å². The van der Waals surface area contributed by atoms with Crippen LogP contribution in [0.4, 0.5) is 26.3 Å². The van der Waals surface area contributed by atoms with Gasteiger partial charge in [0.05, 0.1) is 11.1 Å². The first-order valence-corrected chi connectivity index (χ1v) is 7.83. The van der Waals surface area contributed by atoms with E-state index < -0.39 is 107 Å². The van der Waals surface area contributed by atoms with E-state index in [9.17, 15) is 46.1 Å². The van der Waals surface area contributed by atoms with Crippen molar-refractivity contribution in [1.82, 2.24) is 0 Å². The Balaban J connectivity index is 3.45. The average Bonchev–Trinajstić information content (AvgIpc) is 2.68. The van der Waals surface area contributed by atoms with E-state index in [1.807, 2.05) is 0 Å². The summed E-state index contributed by atoms with van der Waals surface area (Å²) in [5, 5.41) is 17.5. The molecule has 2 aromatic carbocycles. The van der Waals surface area contributed by atoms with Crippen LogP contribution in [0.3, 0.4) is 0 Å². The van der Waals surface area contributed by atoms with E-state index in [0.29, 0.717) is 0 Å². The van der Waals surface area contributed by atoms with E-state index in [0.717, 1.165) is 0 Å². The van der Waals surface area contributed by atoms with E-state index >= 15 is 0 Å². The minimum Gasteiger partial charge on any atom is -0.478 e. The quantitative estimate of drug-likeness (QED) is 0.600. The fourth-order valence-corrected chi connectivity index (χ4v) is 3.51. The Kier molecular flexibility index (Phi) is 6.52. The summed E-state index contributed by atoms with van der Waals surface area (Å²) >= 11 is 0. The normalized spacial score (nSPS) is 11.2. The van der Waals surface area contributed by atoms with Gasteiger partial charge in [0, 0.05) is 16.5 Å². The van der Waals surface area contributed by atoms with Gasteiger partial charge in [0.25, 0.3) is 0 Å². The lowest BCUT2D eigenvalue weighted by Gasteiger charge is -2.23. The van der Waals surface area contributed by atoms with Gasteiger partial charge in [0.15, 0.2) is 0 Å². The topological polar surface area (TPSA) is 74.6 Å². The molecule has 0 saturated carbocycles. The van der Waals surface area contributed by atoms with Crippen molar-refractivity contribution in [3.63, 3.8) is 0 Å². The van der Waals surface area contributed by atoms with Crippen LogP contribution < -0.4 is 0 Å². The number of rotatable bonds is 8. The van der Waals surface area contributed by atoms with Gasteiger partial charge in [-0.25, -0.2) is 35.9 Å². The molecule has 10 heteroatoms. The number of hydrogen-bond donors (Lipinski definition) is 2. The van der Waals surface area contributed by atoms with E-state index in [-0.39, 0.29) is 0 Å². The number of carboxylic acids is 2. The van der Waals surface area contributed by atoms with Crippen LogP contribution in [0.15, 0.2) is 0 Å². The summed E-state index contributed by atoms with van der Waals surface area (Å²) in [5.74, 6) is -3.80. The third-order valence-corrected chi connectivity index (χ3v) is 4.64. The first-order valence-electron chi connectivity index (χ1n) is 7.83. The number of aromatic carboxylic acids is 2. The van der Waals surface area contributed by atoms with E-state index in [2.05, 4.69) is 0 Å². The first kappa shape index (κ1) is 21.5. The third-order valence-electron chi connectivity index (χ3n) is 4.64. The van der Waals surface area contributed by atoms with Crippen LogP contribution in [0.25, 0.3) is 10.8 Å². The largest absolute Gasteiger partial charge is 0.478 e. The highest BCUT2D eigenvalue weighted by Gasteiger charge is 2.32. The third kappa shape index (κ3) is 3.06. The zero-order valence-corrected chi connectivity index (χ0v) is 14.2. The maximum atomic E-state index is 13.7. The highest BCUT2D eigenvalue weighted by molar-refractivity contribution is 6.16. The molecule has 0 heterocycles. The predicted molar refractivity (Wildman–Crippen MR) is 86.7 cm³/mol. The van der Waals surface area contributed by atoms with Gasteiger partial charge in [-0.05, 0) is 27.6 Å². The number of hydrogen-bond acceptors (Lipinski definition) is 2. The smallest absolute Gasteiger partial charge is 0.336 e. The van der Waals surface area contributed by atoms with Crippen molar-refractivity contribution in [2.24, 2.45) is 0 Å².